The van der Waals surface area contributed by atoms with E-state index in [0.717, 1.165) is 44.1 Å². The average Bonchev–Trinajstić information content (AvgIpc) is 3.38. The van der Waals surface area contributed by atoms with E-state index < -0.39 is 5.41 Å². The molecule has 1 saturated heterocycles. The Morgan fingerprint density at radius 2 is 1.64 bits per heavy atom. The average molecular weight is 491 g/mol. The van der Waals surface area contributed by atoms with Gasteiger partial charge in [0.1, 0.15) is 6.07 Å². The van der Waals surface area contributed by atoms with E-state index in [1.807, 2.05) is 26.0 Å². The molecule has 0 bridgehead atoms. The van der Waals surface area contributed by atoms with Crippen molar-refractivity contribution in [2.75, 3.05) is 13.1 Å². The van der Waals surface area contributed by atoms with E-state index in [1.54, 1.807) is 0 Å². The van der Waals surface area contributed by atoms with E-state index in [2.05, 4.69) is 31.7 Å². The highest BCUT2D eigenvalue weighted by molar-refractivity contribution is 6.06. The summed E-state index contributed by atoms with van der Waals surface area (Å²) in [5.74, 6) is 0.794. The van der Waals surface area contributed by atoms with Gasteiger partial charge in [0.25, 0.3) is 0 Å². The monoisotopic (exact) mass is 490 g/mol. The first-order valence-corrected chi connectivity index (χ1v) is 14.6. The van der Waals surface area contributed by atoms with Crippen LogP contribution in [0.1, 0.15) is 105 Å². The Balaban J connectivity index is 1.57. The fourth-order valence-electron chi connectivity index (χ4n) is 9.22. The van der Waals surface area contributed by atoms with Crippen LogP contribution in [0.3, 0.4) is 0 Å². The molecule has 1 aliphatic heterocycles. The minimum absolute atomic E-state index is 0.0343. The smallest absolute Gasteiger partial charge is 0.182 e. The molecule has 0 radical (unpaired) electrons. The molecule has 0 aromatic rings. The van der Waals surface area contributed by atoms with Gasteiger partial charge in [-0.25, -0.2) is 0 Å². The van der Waals surface area contributed by atoms with Crippen LogP contribution < -0.4 is 0 Å². The minimum Gasteiger partial charge on any atom is -0.298 e. The lowest BCUT2D eigenvalue weighted by Crippen LogP contribution is -2.61. The largest absolute Gasteiger partial charge is 0.298 e. The summed E-state index contributed by atoms with van der Waals surface area (Å²) in [6, 6.07) is 2.17. The van der Waals surface area contributed by atoms with Gasteiger partial charge in [0.2, 0.25) is 0 Å². The summed E-state index contributed by atoms with van der Waals surface area (Å²) in [6.07, 6.45) is 16.0. The molecule has 0 aromatic carbocycles. The number of carbonyl (C=O) groups is 2. The molecule has 36 heavy (non-hydrogen) atoms. The Hall–Kier alpha value is -1.73. The van der Waals surface area contributed by atoms with E-state index in [4.69, 9.17) is 0 Å². The number of allylic oxidation sites excluding steroid dienone is 4. The number of fused-ring (bicyclic) bond motifs is 5. The topological polar surface area (TPSA) is 61.2 Å². The van der Waals surface area contributed by atoms with E-state index in [1.165, 1.54) is 45.2 Å². The van der Waals surface area contributed by atoms with Crippen molar-refractivity contribution in [3.05, 3.63) is 23.3 Å². The van der Waals surface area contributed by atoms with Crippen molar-refractivity contribution < 1.29 is 9.59 Å². The zero-order valence-electron chi connectivity index (χ0n) is 23.3. The molecule has 0 spiro atoms. The Morgan fingerprint density at radius 3 is 2.33 bits per heavy atom. The molecule has 1 heterocycles. The summed E-state index contributed by atoms with van der Waals surface area (Å²) in [6.45, 7) is 13.6. The third-order valence-corrected chi connectivity index (χ3v) is 11.7. The predicted octanol–water partition coefficient (Wildman–Crippen LogP) is 6.81. The van der Waals surface area contributed by atoms with Gasteiger partial charge >= 0.3 is 0 Å². The number of likely N-dealkylation sites (tertiary alicyclic amines) is 1. The van der Waals surface area contributed by atoms with E-state index in [-0.39, 0.29) is 45.3 Å². The molecule has 4 aliphatic carbocycles. The van der Waals surface area contributed by atoms with Crippen LogP contribution in [0.25, 0.3) is 0 Å². The predicted molar refractivity (Wildman–Crippen MR) is 143 cm³/mol. The number of nitrogens with zero attached hydrogens (tertiary/aromatic N) is 2. The normalized spacial score (nSPS) is 44.8. The Kier molecular flexibility index (Phi) is 6.43. The van der Waals surface area contributed by atoms with Crippen molar-refractivity contribution in [1.82, 2.24) is 4.90 Å². The third-order valence-electron chi connectivity index (χ3n) is 11.7. The Morgan fingerprint density at radius 1 is 0.944 bits per heavy atom. The van der Waals surface area contributed by atoms with Crippen LogP contribution in [0, 0.1) is 45.3 Å². The van der Waals surface area contributed by atoms with Gasteiger partial charge in [0.15, 0.2) is 11.6 Å². The van der Waals surface area contributed by atoms with Gasteiger partial charge in [-0.1, -0.05) is 26.3 Å². The summed E-state index contributed by atoms with van der Waals surface area (Å²) < 4.78 is 0. The molecule has 0 amide bonds. The Labute approximate surface area is 218 Å². The van der Waals surface area contributed by atoms with Crippen molar-refractivity contribution >= 4 is 11.6 Å². The Bertz CT molecular complexity index is 1040. The zero-order chi connectivity index (χ0) is 25.9. The van der Waals surface area contributed by atoms with Crippen molar-refractivity contribution in [2.24, 2.45) is 34.0 Å². The fraction of sp³-hybridized carbons (Fsp3) is 0.781. The summed E-state index contributed by atoms with van der Waals surface area (Å²) in [4.78, 5) is 30.6. The van der Waals surface area contributed by atoms with Crippen LogP contribution in [0.2, 0.25) is 0 Å². The number of hydrogen-bond donors (Lipinski definition) is 0. The van der Waals surface area contributed by atoms with Crippen LogP contribution in [0.5, 0.6) is 0 Å². The van der Waals surface area contributed by atoms with Crippen molar-refractivity contribution in [3.63, 3.8) is 0 Å². The van der Waals surface area contributed by atoms with Gasteiger partial charge in [-0.3, -0.25) is 14.5 Å². The van der Waals surface area contributed by atoms with Gasteiger partial charge in [-0.15, -0.1) is 0 Å². The van der Waals surface area contributed by atoms with Crippen LogP contribution in [-0.4, -0.2) is 35.1 Å². The first-order chi connectivity index (χ1) is 17.0. The molecule has 5 aliphatic rings. The molecule has 4 heteroatoms. The fourth-order valence-corrected chi connectivity index (χ4v) is 9.22. The number of hydrogen-bond acceptors (Lipinski definition) is 4. The SMILES string of the molecule is CC1(C)C(=O)/C(C#N)=C\CCCCC2C1=CC(=O)C1C3CC(C)(N4CCCC4)CC[C@]3(C)CC[C@@]21C. The first-order valence-electron chi connectivity index (χ1n) is 14.6. The molecule has 2 saturated carbocycles. The number of Topliss-reactive ketones (excluding diaryl/α,β-unsaturated/α-hetero) is 1. The molecule has 3 fully saturated rings. The molecule has 0 N–H and O–H groups in total. The maximum atomic E-state index is 14.2. The van der Waals surface area contributed by atoms with Crippen LogP contribution in [-0.2, 0) is 9.59 Å². The quantitative estimate of drug-likeness (QED) is 0.405. The number of ketones is 2. The maximum absolute atomic E-state index is 14.2. The van der Waals surface area contributed by atoms with Crippen LogP contribution >= 0.6 is 0 Å². The van der Waals surface area contributed by atoms with Crippen molar-refractivity contribution in [1.29, 1.82) is 5.26 Å². The second-order valence-corrected chi connectivity index (χ2v) is 14.2. The van der Waals surface area contributed by atoms with Crippen LogP contribution in [0.4, 0.5) is 0 Å². The lowest BCUT2D eigenvalue weighted by molar-refractivity contribution is -0.153. The standard InChI is InChI=1S/C32H46N2O2/c1-29(2)24-19-26(35)27-25-20-31(4,34-17-9-10-18-34)15-13-30(25,3)14-16-32(27,5)23(24)12-8-6-7-11-22(21-33)28(29)36/h11,19,23,25,27H,6-10,12-18,20H2,1-5H3/b22-11-/t23?,25?,27?,30-,31?,32+/m1/s1. The molecule has 4 nitrogen and oxygen atoms in total. The van der Waals surface area contributed by atoms with E-state index >= 15 is 0 Å². The maximum Gasteiger partial charge on any atom is 0.182 e. The molecule has 4 unspecified atom stereocenters. The lowest BCUT2D eigenvalue weighted by Gasteiger charge is -2.63. The molecule has 0 aromatic heterocycles. The minimum atomic E-state index is -0.829. The third kappa shape index (κ3) is 3.87. The second kappa shape index (κ2) is 8.93. The van der Waals surface area contributed by atoms with Gasteiger partial charge in [-0.2, -0.15) is 5.26 Å². The van der Waals surface area contributed by atoms with Gasteiger partial charge in [-0.05, 0) is 132 Å². The highest BCUT2D eigenvalue weighted by atomic mass is 16.1. The van der Waals surface area contributed by atoms with E-state index in [9.17, 15) is 14.9 Å². The molecule has 196 valence electrons. The highest BCUT2D eigenvalue weighted by Gasteiger charge is 2.62. The summed E-state index contributed by atoms with van der Waals surface area (Å²) in [5, 5.41) is 9.73. The first kappa shape index (κ1) is 25.9. The van der Waals surface area contributed by atoms with Crippen molar-refractivity contribution in [2.45, 2.75) is 111 Å². The van der Waals surface area contributed by atoms with Gasteiger partial charge < -0.3 is 0 Å². The zero-order valence-corrected chi connectivity index (χ0v) is 23.3. The molecule has 6 atom stereocenters. The van der Waals surface area contributed by atoms with Gasteiger partial charge in [0.05, 0.1) is 11.0 Å². The number of nitriles is 1. The summed E-state index contributed by atoms with van der Waals surface area (Å²) >= 11 is 0. The molecular weight excluding hydrogens is 444 g/mol. The summed E-state index contributed by atoms with van der Waals surface area (Å²) in [5.41, 5.74) is 0.739. The number of rotatable bonds is 1. The van der Waals surface area contributed by atoms with Gasteiger partial charge in [0, 0.05) is 11.5 Å². The highest BCUT2D eigenvalue weighted by Crippen LogP contribution is 2.66. The molecule has 5 rings (SSSR count). The number of carbonyl (C=O) groups excluding carboxylic acids is 2. The van der Waals surface area contributed by atoms with E-state index in [0.29, 0.717) is 5.92 Å². The van der Waals surface area contributed by atoms with Crippen molar-refractivity contribution in [3.8, 4) is 6.07 Å². The lowest BCUT2D eigenvalue weighted by atomic mass is 9.41. The second-order valence-electron chi connectivity index (χ2n) is 14.2. The summed E-state index contributed by atoms with van der Waals surface area (Å²) in [7, 11) is 0. The molecular formula is C32H46N2O2. The van der Waals surface area contributed by atoms with Crippen LogP contribution in [0.15, 0.2) is 23.3 Å².